The first-order valence-electron chi connectivity index (χ1n) is 22.7. The van der Waals surface area contributed by atoms with E-state index in [4.69, 9.17) is 24.2 Å². The number of rotatable bonds is 11. The summed E-state index contributed by atoms with van der Waals surface area (Å²) in [5, 5.41) is 16.3. The minimum absolute atomic E-state index is 0.143. The number of nitrogens with one attached hydrogen (secondary N) is 4. The highest BCUT2D eigenvalue weighted by Gasteiger charge is 2.39. The topological polar surface area (TPSA) is 213 Å². The van der Waals surface area contributed by atoms with E-state index in [9.17, 15) is 24.4 Å². The third kappa shape index (κ3) is 8.43. The number of methoxy groups -OCH3 is 2. The van der Waals surface area contributed by atoms with Crippen LogP contribution in [-0.4, -0.2) is 97.7 Å². The van der Waals surface area contributed by atoms with Crippen LogP contribution in [0.3, 0.4) is 0 Å². The van der Waals surface area contributed by atoms with Crippen LogP contribution in [0, 0.1) is 23.2 Å². The Labute approximate surface area is 387 Å². The van der Waals surface area contributed by atoms with Crippen molar-refractivity contribution in [2.45, 2.75) is 83.8 Å². The number of alkyl carbamates (subject to hydrolysis) is 2. The maximum absolute atomic E-state index is 13.8. The fourth-order valence-corrected chi connectivity index (χ4v) is 9.71. The molecule has 3 aromatic heterocycles. The van der Waals surface area contributed by atoms with Crippen LogP contribution in [0.15, 0.2) is 79.1 Å². The molecule has 2 fully saturated rings. The quantitative estimate of drug-likeness (QED) is 0.0984. The van der Waals surface area contributed by atoms with Crippen molar-refractivity contribution in [1.82, 2.24) is 44.9 Å². The van der Waals surface area contributed by atoms with Crippen molar-refractivity contribution in [2.75, 3.05) is 27.3 Å². The number of ether oxygens (including phenoxy) is 3. The molecule has 17 nitrogen and oxygen atoms in total. The largest absolute Gasteiger partial charge is 0.465 e. The first-order valence-corrected chi connectivity index (χ1v) is 22.7. The van der Waals surface area contributed by atoms with Crippen molar-refractivity contribution in [2.24, 2.45) is 11.8 Å². The van der Waals surface area contributed by atoms with Gasteiger partial charge in [0.2, 0.25) is 18.0 Å². The number of carbonyl (C=O) groups is 4. The predicted molar refractivity (Wildman–Crippen MR) is 248 cm³/mol. The summed E-state index contributed by atoms with van der Waals surface area (Å²) in [5.74, 6) is 1.35. The fourth-order valence-electron chi connectivity index (χ4n) is 9.71. The molecule has 0 aliphatic carbocycles. The summed E-state index contributed by atoms with van der Waals surface area (Å²) in [5.41, 5.74) is 7.39. The van der Waals surface area contributed by atoms with Gasteiger partial charge in [0.15, 0.2) is 0 Å². The number of fused-ring (bicyclic) bond motifs is 5. The molecule has 0 bridgehead atoms. The molecule has 0 saturated carbocycles. The highest BCUT2D eigenvalue weighted by atomic mass is 16.5. The molecule has 3 aliphatic rings. The highest BCUT2D eigenvalue weighted by molar-refractivity contribution is 5.93. The average molecular weight is 907 g/mol. The number of imidazole rings is 2. The summed E-state index contributed by atoms with van der Waals surface area (Å²) in [4.78, 5) is 71.9. The smallest absolute Gasteiger partial charge is 0.407 e. The van der Waals surface area contributed by atoms with Crippen molar-refractivity contribution >= 4 is 34.9 Å². The Bertz CT molecular complexity index is 2910. The number of H-pyrrole nitrogens is 2. The van der Waals surface area contributed by atoms with E-state index in [0.717, 1.165) is 75.9 Å². The number of benzene rings is 3. The molecule has 3 aromatic carbocycles. The van der Waals surface area contributed by atoms with Crippen LogP contribution in [-0.2, 0) is 19.1 Å². The third-order valence-electron chi connectivity index (χ3n) is 13.2. The van der Waals surface area contributed by atoms with Crippen LogP contribution in [0.2, 0.25) is 0 Å². The van der Waals surface area contributed by atoms with E-state index in [1.165, 1.54) is 14.2 Å². The molecule has 9 rings (SSSR count). The normalized spacial score (nSPS) is 18.5. The van der Waals surface area contributed by atoms with Gasteiger partial charge in [-0.25, -0.2) is 19.6 Å². The maximum Gasteiger partial charge on any atom is 0.407 e. The zero-order chi connectivity index (χ0) is 47.1. The van der Waals surface area contributed by atoms with E-state index in [0.29, 0.717) is 36.1 Å². The molecule has 6 heterocycles. The molecule has 17 heteroatoms. The number of amides is 4. The summed E-state index contributed by atoms with van der Waals surface area (Å²) in [6.45, 7) is 8.67. The minimum Gasteiger partial charge on any atom is -0.465 e. The Balaban J connectivity index is 1.02. The fraction of sp³-hybridized carbons (Fsp3) is 0.380. The minimum atomic E-state index is -0.739. The molecule has 4 amide bonds. The molecule has 4 N–H and O–H groups in total. The van der Waals surface area contributed by atoms with Crippen molar-refractivity contribution < 1.29 is 33.4 Å². The van der Waals surface area contributed by atoms with E-state index < -0.39 is 30.5 Å². The SMILES string of the molecule is COC(=O)N[C@H](C(=O)N1CCC[C@H]1c1ncc(-c2ccc3c(c2)OC(c2cccc(C#N)c2)n2c-3cc3cc(-c4cnc([C@@H]5CCCN5C(=O)[C@@H](NC(=O)OC)C(C)C)[nH]4)ccc32)[nH]1)C(C)C. The second-order valence-electron chi connectivity index (χ2n) is 18.1. The van der Waals surface area contributed by atoms with Gasteiger partial charge in [-0.15, -0.1) is 0 Å². The van der Waals surface area contributed by atoms with Crippen LogP contribution >= 0.6 is 0 Å². The molecule has 2 saturated heterocycles. The molecule has 346 valence electrons. The molecule has 3 aliphatic heterocycles. The van der Waals surface area contributed by atoms with Crippen LogP contribution < -0.4 is 15.4 Å². The van der Waals surface area contributed by atoms with Crippen LogP contribution in [0.5, 0.6) is 5.75 Å². The zero-order valence-electron chi connectivity index (χ0n) is 38.3. The van der Waals surface area contributed by atoms with E-state index in [-0.39, 0.29) is 35.7 Å². The first-order chi connectivity index (χ1) is 32.4. The van der Waals surface area contributed by atoms with Crippen LogP contribution in [0.25, 0.3) is 44.7 Å². The van der Waals surface area contributed by atoms with Gasteiger partial charge in [0.1, 0.15) is 29.5 Å². The van der Waals surface area contributed by atoms with Gasteiger partial charge in [-0.3, -0.25) is 9.59 Å². The molecule has 0 radical (unpaired) electrons. The Morgan fingerprint density at radius 2 is 1.33 bits per heavy atom. The second-order valence-corrected chi connectivity index (χ2v) is 18.1. The summed E-state index contributed by atoms with van der Waals surface area (Å²) < 4.78 is 18.7. The van der Waals surface area contributed by atoms with Crippen LogP contribution in [0.4, 0.5) is 9.59 Å². The molecule has 5 atom stereocenters. The summed E-state index contributed by atoms with van der Waals surface area (Å²) >= 11 is 0. The lowest BCUT2D eigenvalue weighted by atomic mass is 10.0. The van der Waals surface area contributed by atoms with Crippen LogP contribution in [0.1, 0.15) is 94.5 Å². The van der Waals surface area contributed by atoms with Gasteiger partial charge in [-0.1, -0.05) is 52.0 Å². The van der Waals surface area contributed by atoms with E-state index in [1.807, 2.05) is 70.2 Å². The number of hydrogen-bond acceptors (Lipinski definition) is 10. The van der Waals surface area contributed by atoms with Crippen molar-refractivity contribution in [3.8, 4) is 45.6 Å². The van der Waals surface area contributed by atoms with E-state index in [1.54, 1.807) is 28.3 Å². The Kier molecular flexibility index (Phi) is 12.2. The molecular formula is C50H54N10O7. The second kappa shape index (κ2) is 18.3. The van der Waals surface area contributed by atoms with Gasteiger partial charge in [-0.2, -0.15) is 5.26 Å². The van der Waals surface area contributed by atoms with E-state index >= 15 is 0 Å². The van der Waals surface area contributed by atoms with Crippen molar-refractivity contribution in [3.63, 3.8) is 0 Å². The number of aromatic amines is 2. The number of likely N-dealkylation sites (tertiary alicyclic amines) is 2. The first kappa shape index (κ1) is 44.6. The summed E-state index contributed by atoms with van der Waals surface area (Å²) in [7, 11) is 2.56. The number of nitriles is 1. The lowest BCUT2D eigenvalue weighted by Gasteiger charge is -2.30. The van der Waals surface area contributed by atoms with Gasteiger partial charge < -0.3 is 49.2 Å². The number of hydrogen-bond donors (Lipinski definition) is 4. The number of nitrogens with zero attached hydrogens (tertiary/aromatic N) is 6. The zero-order valence-corrected chi connectivity index (χ0v) is 38.3. The molecule has 67 heavy (non-hydrogen) atoms. The Hall–Kier alpha value is -7.61. The third-order valence-corrected chi connectivity index (χ3v) is 13.2. The maximum atomic E-state index is 13.8. The van der Waals surface area contributed by atoms with Crippen molar-refractivity contribution in [1.29, 1.82) is 5.26 Å². The molecule has 6 aromatic rings. The standard InChI is InChI=1S/C50H54N10O7/c1-27(2)42(56-49(63)65-5)46(61)58-18-8-12-38(58)44-52-25-35(54-44)30-15-17-37-33(21-30)22-40-34-16-14-31(23-41(34)67-48(60(37)40)32-11-7-10-29(20-32)24-51)36-26-53-45(55-36)39-13-9-19-59(39)47(62)43(28(3)4)57-50(64)66-6/h7,10-11,14-17,20-23,25-28,38-39,42-43,48H,8-9,12-13,18-19H2,1-6H3,(H,52,54)(H,53,55)(H,56,63)(H,57,64)/t38-,39-,42-,43-,48?/m0/s1. The Morgan fingerprint density at radius 3 is 1.88 bits per heavy atom. The van der Waals surface area contributed by atoms with E-state index in [2.05, 4.69) is 49.4 Å². The highest BCUT2D eigenvalue weighted by Crippen LogP contribution is 2.46. The number of carbonyl (C=O) groups excluding carboxylic acids is 4. The summed E-state index contributed by atoms with van der Waals surface area (Å²) in [6.07, 6.45) is 4.74. The lowest BCUT2D eigenvalue weighted by Crippen LogP contribution is -2.51. The van der Waals surface area contributed by atoms with Gasteiger partial charge >= 0.3 is 12.2 Å². The molecular weight excluding hydrogens is 853 g/mol. The van der Waals surface area contributed by atoms with Crippen molar-refractivity contribution in [3.05, 3.63) is 102 Å². The lowest BCUT2D eigenvalue weighted by molar-refractivity contribution is -0.136. The Morgan fingerprint density at radius 1 is 0.761 bits per heavy atom. The molecule has 1 unspecified atom stereocenters. The monoisotopic (exact) mass is 906 g/mol. The van der Waals surface area contributed by atoms with Gasteiger partial charge in [0.05, 0.1) is 72.9 Å². The molecule has 0 spiro atoms. The summed E-state index contributed by atoms with van der Waals surface area (Å²) in [6, 6.07) is 22.1. The van der Waals surface area contributed by atoms with Gasteiger partial charge in [0, 0.05) is 40.7 Å². The number of aromatic nitrogens is 5. The van der Waals surface area contributed by atoms with Gasteiger partial charge in [-0.05, 0) is 80.0 Å². The predicted octanol–water partition coefficient (Wildman–Crippen LogP) is 7.99. The average Bonchev–Trinajstić information content (AvgIpc) is 4.20. The van der Waals surface area contributed by atoms with Gasteiger partial charge in [0.25, 0.3) is 0 Å².